The van der Waals surface area contributed by atoms with Gasteiger partial charge in [-0.15, -0.1) is 0 Å². The van der Waals surface area contributed by atoms with E-state index in [4.69, 9.17) is 4.74 Å². The highest BCUT2D eigenvalue weighted by molar-refractivity contribution is 5.57. The summed E-state index contributed by atoms with van der Waals surface area (Å²) in [6.07, 6.45) is 2.30. The first-order valence-electron chi connectivity index (χ1n) is 4.41. The Morgan fingerprint density at radius 2 is 2.23 bits per heavy atom. The molecule has 0 aliphatic heterocycles. The highest BCUT2D eigenvalue weighted by Crippen LogP contribution is 2.20. The molecule has 0 aromatic heterocycles. The number of hydrogen-bond acceptors (Lipinski definition) is 2. The molecule has 0 bridgehead atoms. The second kappa shape index (κ2) is 4.65. The molecule has 0 atom stereocenters. The summed E-state index contributed by atoms with van der Waals surface area (Å²) in [4.78, 5) is 10.3. The maximum absolute atomic E-state index is 10.3. The molecule has 0 fully saturated rings. The van der Waals surface area contributed by atoms with Gasteiger partial charge in [0.2, 0.25) is 0 Å². The van der Waals surface area contributed by atoms with Crippen molar-refractivity contribution >= 4 is 6.29 Å². The zero-order chi connectivity index (χ0) is 9.68. The van der Waals surface area contributed by atoms with Gasteiger partial charge in [0.05, 0.1) is 7.11 Å². The Kier molecular flexibility index (Phi) is 3.50. The quantitative estimate of drug-likeness (QED) is 0.659. The Balaban J connectivity index is 3.00. The average molecular weight is 178 g/mol. The minimum atomic E-state index is 0.424. The molecule has 1 aromatic carbocycles. The molecule has 0 saturated carbocycles. The summed E-state index contributed by atoms with van der Waals surface area (Å²) >= 11 is 0. The molecule has 0 heterocycles. The predicted octanol–water partition coefficient (Wildman–Crippen LogP) is 2.00. The summed E-state index contributed by atoms with van der Waals surface area (Å²) in [7, 11) is 1.63. The van der Waals surface area contributed by atoms with Crippen LogP contribution >= 0.6 is 0 Å². The van der Waals surface area contributed by atoms with Crippen molar-refractivity contribution in [3.8, 4) is 5.75 Å². The Bertz CT molecular complexity index is 292. The first-order chi connectivity index (χ1) is 6.31. The van der Waals surface area contributed by atoms with E-state index < -0.39 is 0 Å². The molecule has 1 rings (SSSR count). The van der Waals surface area contributed by atoms with Gasteiger partial charge in [-0.25, -0.2) is 0 Å². The van der Waals surface area contributed by atoms with Gasteiger partial charge in [0.15, 0.2) is 0 Å². The summed E-state index contributed by atoms with van der Waals surface area (Å²) in [5, 5.41) is 0. The second-order valence-electron chi connectivity index (χ2n) is 2.87. The van der Waals surface area contributed by atoms with Gasteiger partial charge in [0, 0.05) is 12.0 Å². The van der Waals surface area contributed by atoms with Gasteiger partial charge in [-0.2, -0.15) is 0 Å². The predicted molar refractivity (Wildman–Crippen MR) is 52.1 cm³/mol. The van der Waals surface area contributed by atoms with Crippen LogP contribution in [-0.2, 0) is 17.6 Å². The lowest BCUT2D eigenvalue weighted by atomic mass is 10.1. The number of ether oxygens (including phenoxy) is 1. The summed E-state index contributed by atoms with van der Waals surface area (Å²) < 4.78 is 5.18. The van der Waals surface area contributed by atoms with E-state index >= 15 is 0 Å². The normalized spacial score (nSPS) is 9.69. The van der Waals surface area contributed by atoms with Gasteiger partial charge in [-0.1, -0.05) is 19.1 Å². The fraction of sp³-hybridized carbons (Fsp3) is 0.364. The molecule has 0 aliphatic rings. The summed E-state index contributed by atoms with van der Waals surface area (Å²) in [6, 6.07) is 5.96. The number of benzene rings is 1. The first kappa shape index (κ1) is 9.78. The van der Waals surface area contributed by atoms with Crippen LogP contribution in [0.15, 0.2) is 18.2 Å². The molecule has 70 valence electrons. The van der Waals surface area contributed by atoms with Gasteiger partial charge in [-0.05, 0) is 18.1 Å². The third-order valence-corrected chi connectivity index (χ3v) is 2.06. The van der Waals surface area contributed by atoms with Crippen molar-refractivity contribution in [1.82, 2.24) is 0 Å². The third kappa shape index (κ3) is 2.31. The molecule has 0 amide bonds. The van der Waals surface area contributed by atoms with Crippen molar-refractivity contribution in [3.05, 3.63) is 29.3 Å². The van der Waals surface area contributed by atoms with E-state index in [0.717, 1.165) is 24.0 Å². The Morgan fingerprint density at radius 1 is 1.46 bits per heavy atom. The van der Waals surface area contributed by atoms with Crippen LogP contribution in [0.25, 0.3) is 0 Å². The number of aryl methyl sites for hydroxylation is 1. The van der Waals surface area contributed by atoms with E-state index in [0.29, 0.717) is 6.42 Å². The van der Waals surface area contributed by atoms with E-state index in [2.05, 4.69) is 6.92 Å². The molecular weight excluding hydrogens is 164 g/mol. The topological polar surface area (TPSA) is 26.3 Å². The van der Waals surface area contributed by atoms with Crippen LogP contribution in [0.3, 0.4) is 0 Å². The molecule has 0 spiro atoms. The molecule has 0 radical (unpaired) electrons. The highest BCUT2D eigenvalue weighted by atomic mass is 16.5. The largest absolute Gasteiger partial charge is 0.496 e. The highest BCUT2D eigenvalue weighted by Gasteiger charge is 2.02. The van der Waals surface area contributed by atoms with Gasteiger partial charge < -0.3 is 9.53 Å². The molecule has 2 nitrogen and oxygen atoms in total. The second-order valence-corrected chi connectivity index (χ2v) is 2.87. The van der Waals surface area contributed by atoms with Gasteiger partial charge in [0.1, 0.15) is 12.0 Å². The van der Waals surface area contributed by atoms with Crippen LogP contribution in [-0.4, -0.2) is 13.4 Å². The van der Waals surface area contributed by atoms with Crippen molar-refractivity contribution in [3.63, 3.8) is 0 Å². The van der Waals surface area contributed by atoms with Gasteiger partial charge in [0.25, 0.3) is 0 Å². The molecular formula is C11H14O2. The molecule has 0 saturated heterocycles. The fourth-order valence-electron chi connectivity index (χ4n) is 1.27. The number of carbonyl (C=O) groups is 1. The number of carbonyl (C=O) groups excluding carboxylic acids is 1. The molecule has 0 unspecified atom stereocenters. The van der Waals surface area contributed by atoms with Crippen molar-refractivity contribution in [2.45, 2.75) is 19.8 Å². The molecule has 0 N–H and O–H groups in total. The summed E-state index contributed by atoms with van der Waals surface area (Å²) in [6.45, 7) is 2.09. The lowest BCUT2D eigenvalue weighted by Crippen LogP contribution is -1.94. The van der Waals surface area contributed by atoms with Gasteiger partial charge >= 0.3 is 0 Å². The zero-order valence-electron chi connectivity index (χ0n) is 8.04. The third-order valence-electron chi connectivity index (χ3n) is 2.06. The van der Waals surface area contributed by atoms with E-state index in [1.165, 1.54) is 5.56 Å². The Hall–Kier alpha value is -1.31. The van der Waals surface area contributed by atoms with E-state index in [9.17, 15) is 4.79 Å². The molecule has 2 heteroatoms. The lowest BCUT2D eigenvalue weighted by Gasteiger charge is -2.07. The first-order valence-corrected chi connectivity index (χ1v) is 4.41. The molecule has 13 heavy (non-hydrogen) atoms. The summed E-state index contributed by atoms with van der Waals surface area (Å²) in [5.41, 5.74) is 2.18. The standard InChI is InChI=1S/C11H14O2/c1-3-9-4-5-10(6-7-12)11(8-9)13-2/h4-5,7-8H,3,6H2,1-2H3. The van der Waals surface area contributed by atoms with Crippen LogP contribution in [0.1, 0.15) is 18.1 Å². The number of hydrogen-bond donors (Lipinski definition) is 0. The maximum atomic E-state index is 10.3. The monoisotopic (exact) mass is 178 g/mol. The molecule has 0 aliphatic carbocycles. The van der Waals surface area contributed by atoms with Gasteiger partial charge in [-0.3, -0.25) is 0 Å². The average Bonchev–Trinajstić information content (AvgIpc) is 2.19. The number of methoxy groups -OCH3 is 1. The van der Waals surface area contributed by atoms with Crippen molar-refractivity contribution in [1.29, 1.82) is 0 Å². The van der Waals surface area contributed by atoms with Crippen molar-refractivity contribution in [2.24, 2.45) is 0 Å². The van der Waals surface area contributed by atoms with Crippen LogP contribution in [0.4, 0.5) is 0 Å². The Morgan fingerprint density at radius 3 is 2.77 bits per heavy atom. The van der Waals surface area contributed by atoms with Crippen molar-refractivity contribution in [2.75, 3.05) is 7.11 Å². The minimum absolute atomic E-state index is 0.424. The van der Waals surface area contributed by atoms with Crippen LogP contribution in [0, 0.1) is 0 Å². The van der Waals surface area contributed by atoms with Crippen LogP contribution in [0.2, 0.25) is 0 Å². The lowest BCUT2D eigenvalue weighted by molar-refractivity contribution is -0.107. The fourth-order valence-corrected chi connectivity index (χ4v) is 1.27. The molecule has 1 aromatic rings. The Labute approximate surface area is 78.5 Å². The van der Waals surface area contributed by atoms with E-state index in [1.807, 2.05) is 18.2 Å². The van der Waals surface area contributed by atoms with E-state index in [1.54, 1.807) is 7.11 Å². The maximum Gasteiger partial charge on any atom is 0.124 e. The number of aldehydes is 1. The van der Waals surface area contributed by atoms with E-state index in [-0.39, 0.29) is 0 Å². The van der Waals surface area contributed by atoms with Crippen LogP contribution < -0.4 is 4.74 Å². The summed E-state index contributed by atoms with van der Waals surface area (Å²) in [5.74, 6) is 0.812. The minimum Gasteiger partial charge on any atom is -0.496 e. The zero-order valence-corrected chi connectivity index (χ0v) is 8.04. The SMILES string of the molecule is CCc1ccc(CC=O)c(OC)c1. The van der Waals surface area contributed by atoms with Crippen LogP contribution in [0.5, 0.6) is 5.75 Å². The smallest absolute Gasteiger partial charge is 0.124 e. The van der Waals surface area contributed by atoms with Crippen molar-refractivity contribution < 1.29 is 9.53 Å². The number of rotatable bonds is 4.